The molecule has 0 atom stereocenters. The summed E-state index contributed by atoms with van der Waals surface area (Å²) in [4.78, 5) is 6.72. The number of nitrogens with zero attached hydrogens (tertiary/aromatic N) is 3. The minimum absolute atomic E-state index is 0.185. The quantitative estimate of drug-likeness (QED) is 0.238. The smallest absolute Gasteiger partial charge is 0.128 e. The van der Waals surface area contributed by atoms with E-state index < -0.39 is 0 Å². The van der Waals surface area contributed by atoms with Crippen LogP contribution in [0, 0.1) is 11.8 Å². The first kappa shape index (κ1) is 23.8. The molecule has 7 heteroatoms. The van der Waals surface area contributed by atoms with Gasteiger partial charge < -0.3 is 15.1 Å². The number of pyridine rings is 1. The SMILES string of the molecule is O/N=C/c1cc(C#Cc2ccc(-c3ccc(Cl)cc3)cn2)ccc1OCCN1CCC(O)CC1. The predicted octanol–water partition coefficient (Wildman–Crippen LogP) is 4.45. The first-order valence-corrected chi connectivity index (χ1v) is 11.6. The molecule has 0 radical (unpaired) electrons. The lowest BCUT2D eigenvalue weighted by molar-refractivity contribution is 0.0755. The molecule has 2 N–H and O–H groups in total. The Balaban J connectivity index is 1.40. The molecule has 1 aromatic heterocycles. The molecule has 0 aliphatic carbocycles. The van der Waals surface area contributed by atoms with Crippen LogP contribution in [0.25, 0.3) is 11.1 Å². The molecule has 3 aromatic rings. The van der Waals surface area contributed by atoms with E-state index in [0.717, 1.165) is 49.2 Å². The van der Waals surface area contributed by atoms with E-state index >= 15 is 0 Å². The zero-order valence-electron chi connectivity index (χ0n) is 18.7. The van der Waals surface area contributed by atoms with Crippen molar-refractivity contribution < 1.29 is 15.1 Å². The van der Waals surface area contributed by atoms with Gasteiger partial charge in [0.05, 0.1) is 12.3 Å². The van der Waals surface area contributed by atoms with Gasteiger partial charge in [0.1, 0.15) is 18.1 Å². The lowest BCUT2D eigenvalue weighted by Gasteiger charge is -2.29. The average molecular weight is 476 g/mol. The predicted molar refractivity (Wildman–Crippen MR) is 134 cm³/mol. The van der Waals surface area contributed by atoms with Crippen molar-refractivity contribution in [3.63, 3.8) is 0 Å². The van der Waals surface area contributed by atoms with Gasteiger partial charge in [0, 0.05) is 47.5 Å². The number of oxime groups is 1. The Kier molecular flexibility index (Phi) is 8.16. The molecule has 1 fully saturated rings. The summed E-state index contributed by atoms with van der Waals surface area (Å²) in [6.07, 6.45) is 4.55. The summed E-state index contributed by atoms with van der Waals surface area (Å²) in [7, 11) is 0. The molecule has 0 bridgehead atoms. The van der Waals surface area contributed by atoms with Crippen molar-refractivity contribution >= 4 is 17.8 Å². The van der Waals surface area contributed by atoms with E-state index in [0.29, 0.717) is 28.6 Å². The largest absolute Gasteiger partial charge is 0.492 e. The van der Waals surface area contributed by atoms with Crippen molar-refractivity contribution in [2.24, 2.45) is 5.16 Å². The van der Waals surface area contributed by atoms with Gasteiger partial charge in [-0.2, -0.15) is 0 Å². The number of aromatic nitrogens is 1. The highest BCUT2D eigenvalue weighted by molar-refractivity contribution is 6.30. The van der Waals surface area contributed by atoms with E-state index in [1.165, 1.54) is 6.21 Å². The number of ether oxygens (including phenoxy) is 1. The Labute approximate surface area is 204 Å². The zero-order valence-corrected chi connectivity index (χ0v) is 19.4. The standard InChI is InChI=1S/C27H26ClN3O3/c28-24-6-3-21(4-7-24)22-5-9-25(29-18-22)8-1-20-2-10-27(23(17-20)19-30-33)34-16-15-31-13-11-26(32)12-14-31/h2-7,9-10,17-19,26,32-33H,11-16H2/b30-19+. The fraction of sp³-hybridized carbons (Fsp3) is 0.259. The van der Waals surface area contributed by atoms with Crippen molar-refractivity contribution in [3.8, 4) is 28.7 Å². The molecule has 0 amide bonds. The molecule has 4 rings (SSSR count). The van der Waals surface area contributed by atoms with Gasteiger partial charge in [-0.3, -0.25) is 4.90 Å². The number of aliphatic hydroxyl groups is 1. The van der Waals surface area contributed by atoms with E-state index in [1.807, 2.05) is 54.6 Å². The van der Waals surface area contributed by atoms with Gasteiger partial charge >= 0.3 is 0 Å². The van der Waals surface area contributed by atoms with Crippen molar-refractivity contribution in [2.45, 2.75) is 18.9 Å². The fourth-order valence-electron chi connectivity index (χ4n) is 3.77. The summed E-state index contributed by atoms with van der Waals surface area (Å²) in [6, 6.07) is 17.0. The summed E-state index contributed by atoms with van der Waals surface area (Å²) >= 11 is 5.95. The maximum atomic E-state index is 9.62. The number of hydrogen-bond donors (Lipinski definition) is 2. The van der Waals surface area contributed by atoms with Crippen LogP contribution in [-0.4, -0.2) is 58.8 Å². The van der Waals surface area contributed by atoms with Crippen molar-refractivity contribution in [1.29, 1.82) is 0 Å². The van der Waals surface area contributed by atoms with Crippen LogP contribution in [0.3, 0.4) is 0 Å². The van der Waals surface area contributed by atoms with Crippen LogP contribution in [0.2, 0.25) is 5.02 Å². The maximum absolute atomic E-state index is 9.62. The van der Waals surface area contributed by atoms with Crippen molar-refractivity contribution in [3.05, 3.63) is 82.6 Å². The third kappa shape index (κ3) is 6.58. The van der Waals surface area contributed by atoms with Crippen LogP contribution in [0.4, 0.5) is 0 Å². The molecule has 0 unspecified atom stereocenters. The van der Waals surface area contributed by atoms with Gasteiger partial charge in [-0.15, -0.1) is 0 Å². The van der Waals surface area contributed by atoms with Crippen LogP contribution in [0.5, 0.6) is 5.75 Å². The third-order valence-electron chi connectivity index (χ3n) is 5.70. The second-order valence-corrected chi connectivity index (χ2v) is 8.54. The Hall–Kier alpha value is -3.37. The first-order valence-electron chi connectivity index (χ1n) is 11.2. The second kappa shape index (κ2) is 11.7. The molecule has 34 heavy (non-hydrogen) atoms. The molecule has 2 aromatic carbocycles. The van der Waals surface area contributed by atoms with Crippen LogP contribution in [0.15, 0.2) is 65.9 Å². The molecule has 0 spiro atoms. The molecular weight excluding hydrogens is 450 g/mol. The summed E-state index contributed by atoms with van der Waals surface area (Å²) in [5.74, 6) is 6.81. The lowest BCUT2D eigenvalue weighted by atomic mass is 10.1. The number of aliphatic hydroxyl groups excluding tert-OH is 1. The van der Waals surface area contributed by atoms with Gasteiger partial charge in [0.15, 0.2) is 0 Å². The van der Waals surface area contributed by atoms with E-state index in [-0.39, 0.29) is 6.10 Å². The molecule has 174 valence electrons. The molecule has 1 saturated heterocycles. The lowest BCUT2D eigenvalue weighted by Crippen LogP contribution is -2.38. The summed E-state index contributed by atoms with van der Waals surface area (Å²) in [5, 5.41) is 22.5. The summed E-state index contributed by atoms with van der Waals surface area (Å²) in [5.41, 5.74) is 4.09. The second-order valence-electron chi connectivity index (χ2n) is 8.11. The van der Waals surface area contributed by atoms with Crippen LogP contribution in [-0.2, 0) is 0 Å². The van der Waals surface area contributed by atoms with Gasteiger partial charge in [-0.1, -0.05) is 40.9 Å². The maximum Gasteiger partial charge on any atom is 0.128 e. The first-order chi connectivity index (χ1) is 16.6. The molecule has 1 aliphatic rings. The number of halogens is 1. The Morgan fingerprint density at radius 2 is 1.82 bits per heavy atom. The number of rotatable bonds is 6. The normalized spacial score (nSPS) is 14.6. The summed E-state index contributed by atoms with van der Waals surface area (Å²) in [6.45, 7) is 3.04. The number of piperidine rings is 1. The molecule has 2 heterocycles. The van der Waals surface area contributed by atoms with Gasteiger partial charge in [-0.25, -0.2) is 4.98 Å². The minimum Gasteiger partial charge on any atom is -0.492 e. The van der Waals surface area contributed by atoms with E-state index in [4.69, 9.17) is 21.5 Å². The van der Waals surface area contributed by atoms with Crippen LogP contribution >= 0.6 is 11.6 Å². The molecule has 1 aliphatic heterocycles. The van der Waals surface area contributed by atoms with Gasteiger partial charge in [-0.05, 0) is 60.7 Å². The molecule has 0 saturated carbocycles. The highest BCUT2D eigenvalue weighted by atomic mass is 35.5. The number of benzene rings is 2. The Bertz CT molecular complexity index is 1180. The average Bonchev–Trinajstić information content (AvgIpc) is 2.86. The Morgan fingerprint density at radius 1 is 1.06 bits per heavy atom. The van der Waals surface area contributed by atoms with Crippen molar-refractivity contribution in [1.82, 2.24) is 9.88 Å². The van der Waals surface area contributed by atoms with Crippen LogP contribution < -0.4 is 4.74 Å². The van der Waals surface area contributed by atoms with E-state index in [1.54, 1.807) is 6.20 Å². The highest BCUT2D eigenvalue weighted by Crippen LogP contribution is 2.21. The zero-order chi connectivity index (χ0) is 23.8. The number of likely N-dealkylation sites (tertiary alicyclic amines) is 1. The highest BCUT2D eigenvalue weighted by Gasteiger charge is 2.16. The van der Waals surface area contributed by atoms with Crippen molar-refractivity contribution in [2.75, 3.05) is 26.2 Å². The van der Waals surface area contributed by atoms with Gasteiger partial charge in [0.25, 0.3) is 0 Å². The third-order valence-corrected chi connectivity index (χ3v) is 5.96. The van der Waals surface area contributed by atoms with Crippen LogP contribution in [0.1, 0.15) is 29.7 Å². The summed E-state index contributed by atoms with van der Waals surface area (Å²) < 4.78 is 5.92. The topological polar surface area (TPSA) is 78.2 Å². The van der Waals surface area contributed by atoms with E-state index in [9.17, 15) is 5.11 Å². The Morgan fingerprint density at radius 3 is 2.53 bits per heavy atom. The number of hydrogen-bond acceptors (Lipinski definition) is 6. The van der Waals surface area contributed by atoms with E-state index in [2.05, 4.69) is 26.9 Å². The van der Waals surface area contributed by atoms with Gasteiger partial charge in [0.2, 0.25) is 0 Å². The monoisotopic (exact) mass is 475 g/mol. The molecule has 6 nitrogen and oxygen atoms in total. The fourth-order valence-corrected chi connectivity index (χ4v) is 3.89. The minimum atomic E-state index is -0.185. The molecular formula is C27H26ClN3O3.